The average Bonchev–Trinajstić information content (AvgIpc) is 2.68. The Bertz CT molecular complexity index is 955. The summed E-state index contributed by atoms with van der Waals surface area (Å²) < 4.78 is 14.1. The molecule has 26 heavy (non-hydrogen) atoms. The molecule has 0 fully saturated rings. The van der Waals surface area contributed by atoms with Gasteiger partial charge in [-0.3, -0.25) is 14.6 Å². The summed E-state index contributed by atoms with van der Waals surface area (Å²) in [4.78, 5) is 28.5. The van der Waals surface area contributed by atoms with Gasteiger partial charge < -0.3 is 5.32 Å². The van der Waals surface area contributed by atoms with Gasteiger partial charge in [-0.1, -0.05) is 12.1 Å². The van der Waals surface area contributed by atoms with Gasteiger partial charge in [-0.15, -0.1) is 0 Å². The second kappa shape index (κ2) is 7.69. The molecular weight excluding hydrogens is 335 g/mol. The van der Waals surface area contributed by atoms with Crippen LogP contribution in [0.5, 0.6) is 0 Å². The second-order valence-electron chi connectivity index (χ2n) is 5.76. The molecule has 0 saturated carbocycles. The molecule has 1 amide bonds. The van der Waals surface area contributed by atoms with Crippen molar-refractivity contribution in [1.29, 1.82) is 0 Å². The third-order valence-electron chi connectivity index (χ3n) is 3.91. The summed E-state index contributed by atoms with van der Waals surface area (Å²) in [7, 11) is 0. The molecule has 3 rings (SSSR count). The van der Waals surface area contributed by atoms with Crippen LogP contribution in [0.25, 0.3) is 11.3 Å². The fraction of sp³-hybridized carbons (Fsp3) is 0.158. The SMILES string of the molecule is CC(C(=O)NCc1ccc(F)cc1)n1nc(-c2cccnc2)ccc1=O. The number of hydrogen-bond acceptors (Lipinski definition) is 4. The molecule has 6 nitrogen and oxygen atoms in total. The second-order valence-corrected chi connectivity index (χ2v) is 5.76. The average molecular weight is 352 g/mol. The Morgan fingerprint density at radius 3 is 2.65 bits per heavy atom. The molecule has 0 aliphatic rings. The van der Waals surface area contributed by atoms with Crippen molar-refractivity contribution in [3.63, 3.8) is 0 Å². The van der Waals surface area contributed by atoms with Crippen LogP contribution in [-0.4, -0.2) is 20.7 Å². The summed E-state index contributed by atoms with van der Waals surface area (Å²) in [5.74, 6) is -0.691. The van der Waals surface area contributed by atoms with Crippen molar-refractivity contribution < 1.29 is 9.18 Å². The van der Waals surface area contributed by atoms with Crippen LogP contribution < -0.4 is 10.9 Å². The number of halogens is 1. The van der Waals surface area contributed by atoms with Crippen LogP contribution in [0.4, 0.5) is 4.39 Å². The van der Waals surface area contributed by atoms with E-state index >= 15 is 0 Å². The summed E-state index contributed by atoms with van der Waals surface area (Å²) in [6, 6.07) is 11.6. The highest BCUT2D eigenvalue weighted by atomic mass is 19.1. The van der Waals surface area contributed by atoms with Crippen molar-refractivity contribution in [3.8, 4) is 11.3 Å². The third kappa shape index (κ3) is 4.00. The highest BCUT2D eigenvalue weighted by molar-refractivity contribution is 5.79. The molecular formula is C19H17FN4O2. The molecule has 2 aromatic heterocycles. The van der Waals surface area contributed by atoms with Gasteiger partial charge in [0.05, 0.1) is 5.69 Å². The Hall–Kier alpha value is -3.35. The Balaban J connectivity index is 1.76. The molecule has 1 N–H and O–H groups in total. The molecule has 1 aromatic carbocycles. The molecule has 1 unspecified atom stereocenters. The largest absolute Gasteiger partial charge is 0.350 e. The molecule has 0 aliphatic heterocycles. The summed E-state index contributed by atoms with van der Waals surface area (Å²) in [6.45, 7) is 1.84. The van der Waals surface area contributed by atoms with Crippen LogP contribution in [0.15, 0.2) is 65.7 Å². The Morgan fingerprint density at radius 1 is 1.19 bits per heavy atom. The first-order chi connectivity index (χ1) is 12.5. The van der Waals surface area contributed by atoms with Crippen molar-refractivity contribution in [2.75, 3.05) is 0 Å². The lowest BCUT2D eigenvalue weighted by atomic mass is 10.2. The molecule has 1 atom stereocenters. The van der Waals surface area contributed by atoms with Crippen molar-refractivity contribution in [1.82, 2.24) is 20.1 Å². The molecule has 132 valence electrons. The lowest BCUT2D eigenvalue weighted by molar-refractivity contribution is -0.124. The quantitative estimate of drug-likeness (QED) is 0.764. The lowest BCUT2D eigenvalue weighted by Crippen LogP contribution is -2.36. The fourth-order valence-corrected chi connectivity index (χ4v) is 2.42. The van der Waals surface area contributed by atoms with E-state index in [4.69, 9.17) is 0 Å². The van der Waals surface area contributed by atoms with Gasteiger partial charge in [0, 0.05) is 30.6 Å². The predicted molar refractivity (Wildman–Crippen MR) is 94.7 cm³/mol. The fourth-order valence-electron chi connectivity index (χ4n) is 2.42. The van der Waals surface area contributed by atoms with Gasteiger partial charge in [0.25, 0.3) is 5.56 Å². The standard InChI is InChI=1S/C19H17FN4O2/c1-13(19(26)22-11-14-4-6-16(20)7-5-14)24-18(25)9-8-17(23-24)15-3-2-10-21-12-15/h2-10,12-13H,11H2,1H3,(H,22,26). The normalized spacial score (nSPS) is 11.8. The van der Waals surface area contributed by atoms with Crippen LogP contribution in [0.3, 0.4) is 0 Å². The van der Waals surface area contributed by atoms with E-state index in [1.165, 1.54) is 18.2 Å². The van der Waals surface area contributed by atoms with Gasteiger partial charge in [0.1, 0.15) is 11.9 Å². The van der Waals surface area contributed by atoms with Gasteiger partial charge in [-0.05, 0) is 42.8 Å². The Kier molecular flexibility index (Phi) is 5.17. The van der Waals surface area contributed by atoms with E-state index in [1.54, 1.807) is 43.6 Å². The molecule has 0 spiro atoms. The van der Waals surface area contributed by atoms with Gasteiger partial charge in [-0.25, -0.2) is 9.07 Å². The molecule has 0 aliphatic carbocycles. The number of amides is 1. The number of pyridine rings is 1. The topological polar surface area (TPSA) is 76.9 Å². The van der Waals surface area contributed by atoms with Gasteiger partial charge in [0.15, 0.2) is 0 Å². The van der Waals surface area contributed by atoms with E-state index in [0.29, 0.717) is 5.69 Å². The van der Waals surface area contributed by atoms with Gasteiger partial charge in [0.2, 0.25) is 5.91 Å². The minimum Gasteiger partial charge on any atom is -0.350 e. The number of hydrogen-bond donors (Lipinski definition) is 1. The number of benzene rings is 1. The van der Waals surface area contributed by atoms with E-state index in [0.717, 1.165) is 15.8 Å². The summed E-state index contributed by atoms with van der Waals surface area (Å²) in [5, 5.41) is 7.01. The first-order valence-corrected chi connectivity index (χ1v) is 8.07. The summed E-state index contributed by atoms with van der Waals surface area (Å²) >= 11 is 0. The van der Waals surface area contributed by atoms with Gasteiger partial charge >= 0.3 is 0 Å². The molecule has 3 aromatic rings. The highest BCUT2D eigenvalue weighted by Gasteiger charge is 2.17. The van der Waals surface area contributed by atoms with Crippen LogP contribution >= 0.6 is 0 Å². The van der Waals surface area contributed by atoms with E-state index in [2.05, 4.69) is 15.4 Å². The van der Waals surface area contributed by atoms with Crippen molar-refractivity contribution in [3.05, 3.63) is 82.7 Å². The zero-order valence-electron chi connectivity index (χ0n) is 14.1. The zero-order valence-corrected chi connectivity index (χ0v) is 14.1. The maximum Gasteiger partial charge on any atom is 0.267 e. The number of aromatic nitrogens is 3. The van der Waals surface area contributed by atoms with E-state index in [1.807, 2.05) is 6.07 Å². The number of nitrogens with one attached hydrogen (secondary N) is 1. The van der Waals surface area contributed by atoms with Crippen LogP contribution in [0.1, 0.15) is 18.5 Å². The third-order valence-corrected chi connectivity index (χ3v) is 3.91. The van der Waals surface area contributed by atoms with E-state index in [-0.39, 0.29) is 23.8 Å². The molecule has 2 heterocycles. The van der Waals surface area contributed by atoms with Crippen LogP contribution in [0, 0.1) is 5.82 Å². The summed E-state index contributed by atoms with van der Waals surface area (Å²) in [5.41, 5.74) is 1.69. The van der Waals surface area contributed by atoms with Crippen molar-refractivity contribution in [2.24, 2.45) is 0 Å². The Morgan fingerprint density at radius 2 is 1.96 bits per heavy atom. The summed E-state index contributed by atoms with van der Waals surface area (Å²) in [6.07, 6.45) is 3.28. The number of carbonyl (C=O) groups excluding carboxylic acids is 1. The van der Waals surface area contributed by atoms with Gasteiger partial charge in [-0.2, -0.15) is 5.10 Å². The maximum absolute atomic E-state index is 12.9. The number of carbonyl (C=O) groups is 1. The maximum atomic E-state index is 12.9. The first kappa shape index (κ1) is 17.5. The molecule has 7 heteroatoms. The van der Waals surface area contributed by atoms with Crippen molar-refractivity contribution >= 4 is 5.91 Å². The predicted octanol–water partition coefficient (Wildman–Crippen LogP) is 2.32. The Labute approximate surface area is 149 Å². The molecule has 0 saturated heterocycles. The number of rotatable bonds is 5. The first-order valence-electron chi connectivity index (χ1n) is 8.07. The lowest BCUT2D eigenvalue weighted by Gasteiger charge is -2.15. The van der Waals surface area contributed by atoms with E-state index in [9.17, 15) is 14.0 Å². The monoisotopic (exact) mass is 352 g/mol. The smallest absolute Gasteiger partial charge is 0.267 e. The minimum atomic E-state index is -0.792. The van der Waals surface area contributed by atoms with Crippen molar-refractivity contribution in [2.45, 2.75) is 19.5 Å². The minimum absolute atomic E-state index is 0.237. The molecule has 0 bridgehead atoms. The molecule has 0 radical (unpaired) electrons. The van der Waals surface area contributed by atoms with Crippen LogP contribution in [0.2, 0.25) is 0 Å². The number of nitrogens with zero attached hydrogens (tertiary/aromatic N) is 3. The van der Waals surface area contributed by atoms with E-state index < -0.39 is 6.04 Å². The van der Waals surface area contributed by atoms with Crippen LogP contribution in [-0.2, 0) is 11.3 Å². The highest BCUT2D eigenvalue weighted by Crippen LogP contribution is 2.14. The zero-order chi connectivity index (χ0) is 18.5.